The first kappa shape index (κ1) is 14.7. The van der Waals surface area contributed by atoms with E-state index >= 15 is 0 Å². The molecule has 0 aromatic carbocycles. The normalized spacial score (nSPS) is 19.8. The smallest absolute Gasteiger partial charge is 0.326 e. The van der Waals surface area contributed by atoms with E-state index in [0.29, 0.717) is 19.4 Å². The summed E-state index contributed by atoms with van der Waals surface area (Å²) in [4.78, 5) is 45.7. The van der Waals surface area contributed by atoms with Gasteiger partial charge in [0.1, 0.15) is 12.1 Å². The molecule has 0 bridgehead atoms. The van der Waals surface area contributed by atoms with E-state index < -0.39 is 42.3 Å². The third-order valence-electron chi connectivity index (χ3n) is 2.84. The van der Waals surface area contributed by atoms with E-state index in [2.05, 4.69) is 5.32 Å². The lowest BCUT2D eigenvalue weighted by atomic mass is 10.2. The average molecular weight is 272 g/mol. The number of hydrogen-bond donors (Lipinski definition) is 4. The molecule has 9 nitrogen and oxygen atoms in total. The number of carbonyl (C=O) groups is 4. The highest BCUT2D eigenvalue weighted by Crippen LogP contribution is 2.16. The lowest BCUT2D eigenvalue weighted by Gasteiger charge is -2.24. The van der Waals surface area contributed by atoms with Gasteiger partial charge >= 0.3 is 12.0 Å². The van der Waals surface area contributed by atoms with Gasteiger partial charge in [-0.2, -0.15) is 0 Å². The Hall–Kier alpha value is -2.32. The molecule has 1 heterocycles. The Morgan fingerprint density at radius 1 is 1.32 bits per heavy atom. The predicted molar refractivity (Wildman–Crippen MR) is 62.7 cm³/mol. The molecular formula is C10H16N4O5. The first-order chi connectivity index (χ1) is 8.82. The molecule has 0 aromatic rings. The van der Waals surface area contributed by atoms with Gasteiger partial charge in [-0.1, -0.05) is 0 Å². The highest BCUT2D eigenvalue weighted by molar-refractivity contribution is 5.90. The maximum atomic E-state index is 11.8. The zero-order chi connectivity index (χ0) is 14.6. The molecule has 19 heavy (non-hydrogen) atoms. The molecule has 1 fully saturated rings. The fraction of sp³-hybridized carbons (Fsp3) is 0.600. The molecule has 2 atom stereocenters. The number of carbonyl (C=O) groups excluding carboxylic acids is 3. The van der Waals surface area contributed by atoms with Crippen LogP contribution in [0.25, 0.3) is 0 Å². The van der Waals surface area contributed by atoms with Gasteiger partial charge in [0.15, 0.2) is 0 Å². The minimum Gasteiger partial charge on any atom is -0.480 e. The second-order valence-corrected chi connectivity index (χ2v) is 4.26. The van der Waals surface area contributed by atoms with Crippen LogP contribution in [0, 0.1) is 0 Å². The maximum Gasteiger partial charge on any atom is 0.326 e. The number of aliphatic carboxylic acids is 1. The van der Waals surface area contributed by atoms with E-state index in [-0.39, 0.29) is 0 Å². The third kappa shape index (κ3) is 3.83. The van der Waals surface area contributed by atoms with E-state index in [1.165, 1.54) is 4.90 Å². The van der Waals surface area contributed by atoms with Crippen molar-refractivity contribution in [3.8, 4) is 0 Å². The quantitative estimate of drug-likeness (QED) is 0.454. The number of amides is 4. The molecule has 1 unspecified atom stereocenters. The van der Waals surface area contributed by atoms with Crippen LogP contribution < -0.4 is 16.8 Å². The van der Waals surface area contributed by atoms with Gasteiger partial charge in [0.25, 0.3) is 0 Å². The van der Waals surface area contributed by atoms with Crippen molar-refractivity contribution in [2.75, 3.05) is 6.54 Å². The highest BCUT2D eigenvalue weighted by atomic mass is 16.4. The molecule has 0 aromatic heterocycles. The number of rotatable bonds is 5. The van der Waals surface area contributed by atoms with E-state index in [9.17, 15) is 19.2 Å². The van der Waals surface area contributed by atoms with E-state index in [1.54, 1.807) is 0 Å². The first-order valence-electron chi connectivity index (χ1n) is 5.70. The summed E-state index contributed by atoms with van der Waals surface area (Å²) in [6, 6.07) is -2.91. The number of urea groups is 1. The van der Waals surface area contributed by atoms with Gasteiger partial charge < -0.3 is 26.8 Å². The minimum absolute atomic E-state index is 0.308. The largest absolute Gasteiger partial charge is 0.480 e. The number of carboxylic acids is 1. The maximum absolute atomic E-state index is 11.8. The van der Waals surface area contributed by atoms with E-state index in [4.69, 9.17) is 16.6 Å². The Morgan fingerprint density at radius 2 is 1.95 bits per heavy atom. The van der Waals surface area contributed by atoms with Crippen molar-refractivity contribution < 1.29 is 24.3 Å². The van der Waals surface area contributed by atoms with Crippen molar-refractivity contribution in [2.24, 2.45) is 11.5 Å². The summed E-state index contributed by atoms with van der Waals surface area (Å²) in [5.41, 5.74) is 10.0. The monoisotopic (exact) mass is 272 g/mol. The van der Waals surface area contributed by atoms with Crippen molar-refractivity contribution in [3.63, 3.8) is 0 Å². The van der Waals surface area contributed by atoms with Crippen LogP contribution in [0.3, 0.4) is 0 Å². The van der Waals surface area contributed by atoms with Crippen LogP contribution in [0.2, 0.25) is 0 Å². The van der Waals surface area contributed by atoms with Crippen molar-refractivity contribution in [3.05, 3.63) is 0 Å². The molecular weight excluding hydrogens is 256 g/mol. The molecule has 1 rings (SSSR count). The Morgan fingerprint density at radius 3 is 2.42 bits per heavy atom. The Bertz CT molecular complexity index is 411. The summed E-state index contributed by atoms with van der Waals surface area (Å²) in [6.07, 6.45) is 0.529. The number of primary amides is 2. The Kier molecular flexibility index (Phi) is 4.67. The lowest BCUT2D eigenvalue weighted by molar-refractivity contribution is -0.140. The summed E-state index contributed by atoms with van der Waals surface area (Å²) in [5.74, 6) is -2.86. The molecule has 4 amide bonds. The zero-order valence-electron chi connectivity index (χ0n) is 10.2. The topological polar surface area (TPSA) is 156 Å². The number of nitrogens with one attached hydrogen (secondary N) is 1. The molecule has 0 radical (unpaired) electrons. The van der Waals surface area contributed by atoms with Gasteiger partial charge in [0, 0.05) is 6.54 Å². The standard InChI is InChI=1S/C10H16N4O5/c11-7(15)4-5(9(17)18)13-10(19)14-3-1-2-6(14)8(12)16/h5-6H,1-4H2,(H2,11,15)(H2,12,16)(H,13,19)(H,17,18)/t5-,6?/m0/s1. The van der Waals surface area contributed by atoms with Gasteiger partial charge in [-0.15, -0.1) is 0 Å². The molecule has 0 aliphatic carbocycles. The molecule has 9 heteroatoms. The summed E-state index contributed by atoms with van der Waals surface area (Å²) >= 11 is 0. The second kappa shape index (κ2) is 6.03. The number of carboxylic acid groups (broad SMARTS) is 1. The van der Waals surface area contributed by atoms with Gasteiger partial charge in [0.05, 0.1) is 6.42 Å². The summed E-state index contributed by atoms with van der Waals surface area (Å²) in [5, 5.41) is 11.0. The van der Waals surface area contributed by atoms with Crippen LogP contribution in [0.4, 0.5) is 4.79 Å². The predicted octanol–water partition coefficient (Wildman–Crippen LogP) is -2.03. The van der Waals surface area contributed by atoms with Gasteiger partial charge in [-0.25, -0.2) is 9.59 Å². The van der Waals surface area contributed by atoms with Crippen LogP contribution in [0.5, 0.6) is 0 Å². The molecule has 1 aliphatic rings. The van der Waals surface area contributed by atoms with Crippen LogP contribution >= 0.6 is 0 Å². The van der Waals surface area contributed by atoms with Crippen LogP contribution in [-0.2, 0) is 14.4 Å². The third-order valence-corrected chi connectivity index (χ3v) is 2.84. The molecule has 1 aliphatic heterocycles. The minimum atomic E-state index is -1.42. The van der Waals surface area contributed by atoms with Crippen LogP contribution in [-0.4, -0.2) is 52.4 Å². The molecule has 0 saturated carbocycles. The van der Waals surface area contributed by atoms with Crippen molar-refractivity contribution >= 4 is 23.8 Å². The molecule has 1 saturated heterocycles. The Balaban J connectivity index is 2.68. The van der Waals surface area contributed by atoms with Gasteiger partial charge in [0.2, 0.25) is 11.8 Å². The second-order valence-electron chi connectivity index (χ2n) is 4.26. The molecule has 106 valence electrons. The fourth-order valence-corrected chi connectivity index (χ4v) is 1.94. The number of hydrogen-bond acceptors (Lipinski definition) is 4. The Labute approximate surface area is 108 Å². The fourth-order valence-electron chi connectivity index (χ4n) is 1.94. The SMILES string of the molecule is NC(=O)C[C@H](NC(=O)N1CCCC1C(N)=O)C(=O)O. The first-order valence-corrected chi connectivity index (χ1v) is 5.70. The number of nitrogens with zero attached hydrogens (tertiary/aromatic N) is 1. The van der Waals surface area contributed by atoms with Crippen molar-refractivity contribution in [1.29, 1.82) is 0 Å². The summed E-state index contributed by atoms with van der Waals surface area (Å²) in [7, 11) is 0. The van der Waals surface area contributed by atoms with Crippen molar-refractivity contribution in [1.82, 2.24) is 10.2 Å². The lowest BCUT2D eigenvalue weighted by Crippen LogP contribution is -2.53. The summed E-state index contributed by atoms with van der Waals surface area (Å²) < 4.78 is 0. The van der Waals surface area contributed by atoms with Crippen molar-refractivity contribution in [2.45, 2.75) is 31.3 Å². The zero-order valence-corrected chi connectivity index (χ0v) is 10.2. The van der Waals surface area contributed by atoms with E-state index in [1.807, 2.05) is 0 Å². The molecule has 6 N–H and O–H groups in total. The molecule has 0 spiro atoms. The van der Waals surface area contributed by atoms with E-state index in [0.717, 1.165) is 0 Å². The van der Waals surface area contributed by atoms with Gasteiger partial charge in [-0.05, 0) is 12.8 Å². The van der Waals surface area contributed by atoms with Gasteiger partial charge in [-0.3, -0.25) is 9.59 Å². The average Bonchev–Trinajstić information content (AvgIpc) is 2.76. The number of nitrogens with two attached hydrogens (primary N) is 2. The summed E-state index contributed by atoms with van der Waals surface area (Å²) in [6.45, 7) is 0.308. The highest BCUT2D eigenvalue weighted by Gasteiger charge is 2.34. The van der Waals surface area contributed by atoms with Crippen LogP contribution in [0.15, 0.2) is 0 Å². The van der Waals surface area contributed by atoms with Crippen LogP contribution in [0.1, 0.15) is 19.3 Å². The number of likely N-dealkylation sites (tertiary alicyclic amines) is 1.